The highest BCUT2D eigenvalue weighted by Crippen LogP contribution is 2.33. The van der Waals surface area contributed by atoms with Gasteiger partial charge in [0.15, 0.2) is 0 Å². The minimum absolute atomic E-state index is 0.152. The first-order valence-electron chi connectivity index (χ1n) is 9.38. The predicted molar refractivity (Wildman–Crippen MR) is 107 cm³/mol. The standard InChI is InChI=1S/C17H23F3N2O2.C2H6.C2H2/c1-11-6-7-12(8-11)15(10-23)21-16(24)22(2)14-5-3-4-13(9-14)17(18,19)20;2*1-2/h3-5,9,11-12,15,23H,6-8,10H2,1-2H3,(H,21,24);1-2H3;1-2H/t11?,12?,15-;;/m1../s1. The molecule has 1 saturated carbocycles. The minimum atomic E-state index is -4.46. The zero-order valence-corrected chi connectivity index (χ0v) is 17.0. The lowest BCUT2D eigenvalue weighted by molar-refractivity contribution is -0.137. The second kappa shape index (κ2) is 12.3. The van der Waals surface area contributed by atoms with Crippen molar-refractivity contribution >= 4 is 11.7 Å². The molecule has 158 valence electrons. The number of aliphatic hydroxyl groups is 1. The predicted octanol–water partition coefficient (Wildman–Crippen LogP) is 4.92. The topological polar surface area (TPSA) is 52.6 Å². The zero-order valence-electron chi connectivity index (χ0n) is 17.0. The molecule has 0 radical (unpaired) electrons. The molecule has 1 aliphatic rings. The molecule has 0 aliphatic heterocycles. The summed E-state index contributed by atoms with van der Waals surface area (Å²) in [5.41, 5.74) is -0.651. The highest BCUT2D eigenvalue weighted by atomic mass is 19.4. The van der Waals surface area contributed by atoms with Crippen molar-refractivity contribution in [3.8, 4) is 12.8 Å². The van der Waals surface area contributed by atoms with Crippen molar-refractivity contribution < 1.29 is 23.1 Å². The number of halogens is 3. The quantitative estimate of drug-likeness (QED) is 0.705. The van der Waals surface area contributed by atoms with E-state index in [9.17, 15) is 23.1 Å². The Bertz CT molecular complexity index is 617. The highest BCUT2D eigenvalue weighted by Gasteiger charge is 2.32. The summed E-state index contributed by atoms with van der Waals surface area (Å²) in [6.07, 6.45) is 6.46. The van der Waals surface area contributed by atoms with E-state index in [1.807, 2.05) is 13.8 Å². The Labute approximate surface area is 166 Å². The van der Waals surface area contributed by atoms with Gasteiger partial charge in [0.2, 0.25) is 0 Å². The van der Waals surface area contributed by atoms with Gasteiger partial charge in [0, 0.05) is 12.7 Å². The third-order valence-corrected chi connectivity index (χ3v) is 4.68. The molecule has 4 nitrogen and oxygen atoms in total. The van der Waals surface area contributed by atoms with Crippen LogP contribution in [0.15, 0.2) is 24.3 Å². The van der Waals surface area contributed by atoms with Crippen LogP contribution >= 0.6 is 0 Å². The third-order valence-electron chi connectivity index (χ3n) is 4.68. The van der Waals surface area contributed by atoms with Gasteiger partial charge in [0.05, 0.1) is 18.2 Å². The monoisotopic (exact) mass is 400 g/mol. The molecule has 1 aliphatic carbocycles. The number of rotatable bonds is 4. The van der Waals surface area contributed by atoms with Crippen LogP contribution < -0.4 is 10.2 Å². The van der Waals surface area contributed by atoms with Gasteiger partial charge in [-0.25, -0.2) is 4.79 Å². The summed E-state index contributed by atoms with van der Waals surface area (Å²) in [6.45, 7) is 5.95. The Morgan fingerprint density at radius 2 is 1.93 bits per heavy atom. The van der Waals surface area contributed by atoms with Gasteiger partial charge >= 0.3 is 12.2 Å². The van der Waals surface area contributed by atoms with Gasteiger partial charge < -0.3 is 10.4 Å². The van der Waals surface area contributed by atoms with E-state index in [4.69, 9.17) is 0 Å². The Morgan fingerprint density at radius 1 is 1.32 bits per heavy atom. The highest BCUT2D eigenvalue weighted by molar-refractivity contribution is 5.91. The summed E-state index contributed by atoms with van der Waals surface area (Å²) in [6, 6.07) is 3.71. The van der Waals surface area contributed by atoms with E-state index in [1.165, 1.54) is 19.2 Å². The maximum Gasteiger partial charge on any atom is 0.416 e. The van der Waals surface area contributed by atoms with Crippen molar-refractivity contribution in [1.29, 1.82) is 0 Å². The van der Waals surface area contributed by atoms with E-state index >= 15 is 0 Å². The molecule has 0 saturated heterocycles. The SMILES string of the molecule is C#C.CC.CC1CCC([C@@H](CO)NC(=O)N(C)c2cccc(C(F)(F)F)c2)C1. The van der Waals surface area contributed by atoms with Crippen LogP contribution in [-0.2, 0) is 6.18 Å². The number of carbonyl (C=O) groups is 1. The minimum Gasteiger partial charge on any atom is -0.394 e. The van der Waals surface area contributed by atoms with E-state index in [1.54, 1.807) is 0 Å². The molecule has 2 amide bonds. The largest absolute Gasteiger partial charge is 0.416 e. The lowest BCUT2D eigenvalue weighted by Gasteiger charge is -2.26. The van der Waals surface area contributed by atoms with E-state index in [-0.39, 0.29) is 24.3 Å². The smallest absolute Gasteiger partial charge is 0.394 e. The summed E-state index contributed by atoms with van der Waals surface area (Å²) >= 11 is 0. The Balaban J connectivity index is 0.00000171. The number of hydrogen-bond donors (Lipinski definition) is 2. The number of anilines is 1. The average molecular weight is 400 g/mol. The summed E-state index contributed by atoms with van der Waals surface area (Å²) in [5, 5.41) is 12.3. The number of alkyl halides is 3. The van der Waals surface area contributed by atoms with E-state index < -0.39 is 17.8 Å². The normalized spacial score (nSPS) is 19.4. The Hall–Kier alpha value is -2.20. The molecule has 0 spiro atoms. The fourth-order valence-electron chi connectivity index (χ4n) is 3.19. The second-order valence-corrected chi connectivity index (χ2v) is 6.52. The molecule has 2 unspecified atom stereocenters. The molecule has 3 atom stereocenters. The van der Waals surface area contributed by atoms with Crippen LogP contribution in [0.4, 0.5) is 23.7 Å². The molecule has 7 heteroatoms. The van der Waals surface area contributed by atoms with Crippen molar-refractivity contribution in [2.24, 2.45) is 11.8 Å². The van der Waals surface area contributed by atoms with Crippen molar-refractivity contribution in [2.45, 2.75) is 52.3 Å². The fraction of sp³-hybridized carbons (Fsp3) is 0.571. The first-order valence-corrected chi connectivity index (χ1v) is 9.38. The van der Waals surface area contributed by atoms with Crippen LogP contribution in [-0.4, -0.2) is 30.8 Å². The number of nitrogens with zero attached hydrogens (tertiary/aromatic N) is 1. The first kappa shape index (κ1) is 25.8. The molecule has 1 fully saturated rings. The summed E-state index contributed by atoms with van der Waals surface area (Å²) in [5.74, 6) is 0.756. The average Bonchev–Trinajstić information content (AvgIpc) is 3.14. The maximum absolute atomic E-state index is 12.8. The number of amides is 2. The van der Waals surface area contributed by atoms with Crippen molar-refractivity contribution in [2.75, 3.05) is 18.6 Å². The Kier molecular flexibility index (Phi) is 11.3. The van der Waals surface area contributed by atoms with Crippen LogP contribution in [0.2, 0.25) is 0 Å². The lowest BCUT2D eigenvalue weighted by atomic mass is 9.97. The van der Waals surface area contributed by atoms with E-state index in [0.717, 1.165) is 36.3 Å². The zero-order chi connectivity index (χ0) is 21.9. The van der Waals surface area contributed by atoms with Crippen LogP contribution in [0.1, 0.15) is 45.6 Å². The van der Waals surface area contributed by atoms with Crippen LogP contribution in [0, 0.1) is 24.7 Å². The van der Waals surface area contributed by atoms with Gasteiger partial charge in [-0.2, -0.15) is 13.2 Å². The third kappa shape index (κ3) is 7.43. The van der Waals surface area contributed by atoms with Crippen molar-refractivity contribution in [1.82, 2.24) is 5.32 Å². The van der Waals surface area contributed by atoms with Gasteiger partial charge in [0.1, 0.15) is 0 Å². The first-order chi connectivity index (χ1) is 13.2. The molecule has 2 N–H and O–H groups in total. The van der Waals surface area contributed by atoms with Crippen LogP contribution in [0.25, 0.3) is 0 Å². The Morgan fingerprint density at radius 3 is 2.39 bits per heavy atom. The molecule has 28 heavy (non-hydrogen) atoms. The summed E-state index contributed by atoms with van der Waals surface area (Å²) in [4.78, 5) is 13.5. The van der Waals surface area contributed by atoms with Crippen LogP contribution in [0.3, 0.4) is 0 Å². The number of terminal acetylenes is 1. The maximum atomic E-state index is 12.8. The van der Waals surface area contributed by atoms with Gasteiger partial charge in [-0.15, -0.1) is 12.8 Å². The second-order valence-electron chi connectivity index (χ2n) is 6.52. The molecule has 0 aromatic heterocycles. The molecule has 1 aromatic rings. The molecular weight excluding hydrogens is 369 g/mol. The lowest BCUT2D eigenvalue weighted by Crippen LogP contribution is -2.47. The molecule has 0 bridgehead atoms. The van der Waals surface area contributed by atoms with E-state index in [0.29, 0.717) is 5.92 Å². The van der Waals surface area contributed by atoms with Crippen molar-refractivity contribution in [3.05, 3.63) is 29.8 Å². The van der Waals surface area contributed by atoms with Gasteiger partial charge in [-0.05, 0) is 42.9 Å². The van der Waals surface area contributed by atoms with Gasteiger partial charge in [0.25, 0.3) is 0 Å². The molecule has 0 heterocycles. The number of benzene rings is 1. The van der Waals surface area contributed by atoms with Gasteiger partial charge in [-0.3, -0.25) is 4.90 Å². The number of carbonyl (C=O) groups excluding carboxylic acids is 1. The molecular formula is C21H31F3N2O2. The number of nitrogens with one attached hydrogen (secondary N) is 1. The molecule has 2 rings (SSSR count). The molecule has 1 aromatic carbocycles. The number of hydrogen-bond acceptors (Lipinski definition) is 2. The van der Waals surface area contributed by atoms with E-state index in [2.05, 4.69) is 25.1 Å². The fourth-order valence-corrected chi connectivity index (χ4v) is 3.19. The number of urea groups is 1. The summed E-state index contributed by atoms with van der Waals surface area (Å²) < 4.78 is 38.4. The number of aliphatic hydroxyl groups excluding tert-OH is 1. The van der Waals surface area contributed by atoms with Gasteiger partial charge in [-0.1, -0.05) is 33.3 Å². The summed E-state index contributed by atoms with van der Waals surface area (Å²) in [7, 11) is 1.41. The van der Waals surface area contributed by atoms with Crippen molar-refractivity contribution in [3.63, 3.8) is 0 Å². The van der Waals surface area contributed by atoms with Crippen LogP contribution in [0.5, 0.6) is 0 Å².